The minimum atomic E-state index is -0.177. The number of anilines is 2. The van der Waals surface area contributed by atoms with Crippen LogP contribution in [-0.2, 0) is 0 Å². The maximum absolute atomic E-state index is 12.4. The molecule has 7 nitrogen and oxygen atoms in total. The highest BCUT2D eigenvalue weighted by Gasteiger charge is 2.18. The fraction of sp³-hybridized carbons (Fsp3) is 0.375. The van der Waals surface area contributed by atoms with Crippen LogP contribution in [0.5, 0.6) is 6.01 Å². The molecule has 4 rings (SSSR count). The summed E-state index contributed by atoms with van der Waals surface area (Å²) in [6, 6.07) is 2.18. The summed E-state index contributed by atoms with van der Waals surface area (Å²) >= 11 is 3.07. The monoisotopic (exact) mass is 375 g/mol. The van der Waals surface area contributed by atoms with E-state index in [2.05, 4.69) is 20.2 Å². The lowest BCUT2D eigenvalue weighted by molar-refractivity contribution is 0.103. The van der Waals surface area contributed by atoms with Gasteiger partial charge in [0.2, 0.25) is 0 Å². The van der Waals surface area contributed by atoms with E-state index in [1.54, 1.807) is 11.3 Å². The summed E-state index contributed by atoms with van der Waals surface area (Å²) in [5.74, 6) is -0.177. The van der Waals surface area contributed by atoms with Gasteiger partial charge >= 0.3 is 6.01 Å². The minimum absolute atomic E-state index is 0.177. The van der Waals surface area contributed by atoms with Crippen LogP contribution >= 0.6 is 22.7 Å². The third-order valence-electron chi connectivity index (χ3n) is 4.00. The number of rotatable bonds is 4. The molecule has 0 spiro atoms. The lowest BCUT2D eigenvalue weighted by Crippen LogP contribution is -2.29. The van der Waals surface area contributed by atoms with Crippen LogP contribution in [0.3, 0.4) is 0 Å². The van der Waals surface area contributed by atoms with Gasteiger partial charge in [0.15, 0.2) is 5.13 Å². The molecule has 0 aromatic carbocycles. The van der Waals surface area contributed by atoms with Crippen molar-refractivity contribution in [2.45, 2.75) is 19.3 Å². The molecule has 1 aliphatic rings. The van der Waals surface area contributed by atoms with E-state index in [9.17, 15) is 4.79 Å². The van der Waals surface area contributed by atoms with Crippen molar-refractivity contribution in [2.24, 2.45) is 0 Å². The van der Waals surface area contributed by atoms with E-state index in [4.69, 9.17) is 9.72 Å². The van der Waals surface area contributed by atoms with E-state index < -0.39 is 0 Å². The fourth-order valence-electron chi connectivity index (χ4n) is 2.73. The average Bonchev–Trinajstić information content (AvgIpc) is 3.22. The number of nitrogens with zero attached hydrogens (tertiary/aromatic N) is 4. The molecule has 0 radical (unpaired) electrons. The summed E-state index contributed by atoms with van der Waals surface area (Å²) in [4.78, 5) is 29.0. The Morgan fingerprint density at radius 1 is 1.20 bits per heavy atom. The van der Waals surface area contributed by atoms with E-state index in [0.717, 1.165) is 27.8 Å². The van der Waals surface area contributed by atoms with Crippen LogP contribution in [0.1, 0.15) is 28.9 Å². The van der Waals surface area contributed by atoms with Gasteiger partial charge in [-0.2, -0.15) is 0 Å². The molecule has 3 aromatic heterocycles. The molecule has 0 unspecified atom stereocenters. The third-order valence-corrected chi connectivity index (χ3v) is 6.22. The van der Waals surface area contributed by atoms with Crippen LogP contribution in [0, 0.1) is 0 Å². The van der Waals surface area contributed by atoms with Gasteiger partial charge in [0.25, 0.3) is 5.91 Å². The van der Waals surface area contributed by atoms with Gasteiger partial charge in [0.1, 0.15) is 4.83 Å². The van der Waals surface area contributed by atoms with E-state index in [1.807, 2.05) is 6.07 Å². The second kappa shape index (κ2) is 6.93. The summed E-state index contributed by atoms with van der Waals surface area (Å²) in [5.41, 5.74) is 0.532. The zero-order chi connectivity index (χ0) is 17.2. The number of hydrogen-bond acceptors (Lipinski definition) is 8. The molecule has 4 heterocycles. The molecule has 0 aliphatic carbocycles. The predicted octanol–water partition coefficient (Wildman–Crippen LogP) is 3.40. The molecule has 1 N–H and O–H groups in total. The van der Waals surface area contributed by atoms with Gasteiger partial charge in [0, 0.05) is 13.1 Å². The molecule has 1 amide bonds. The number of hydrogen-bond donors (Lipinski definition) is 1. The van der Waals surface area contributed by atoms with Gasteiger partial charge in [0.05, 0.1) is 34.8 Å². The number of aromatic nitrogens is 3. The van der Waals surface area contributed by atoms with E-state index in [1.165, 1.54) is 50.1 Å². The molecule has 3 aromatic rings. The summed E-state index contributed by atoms with van der Waals surface area (Å²) in [7, 11) is 1.50. The second-order valence-corrected chi connectivity index (χ2v) is 7.78. The molecule has 1 fully saturated rings. The molecule has 1 aliphatic heterocycles. The van der Waals surface area contributed by atoms with Gasteiger partial charge in [-0.15, -0.1) is 11.3 Å². The van der Waals surface area contributed by atoms with Crippen molar-refractivity contribution in [3.63, 3.8) is 0 Å². The number of carbonyl (C=O) groups excluding carboxylic acids is 1. The smallest absolute Gasteiger partial charge is 0.316 e. The van der Waals surface area contributed by atoms with Crippen LogP contribution in [0.25, 0.3) is 9.53 Å². The molecule has 130 valence electrons. The maximum atomic E-state index is 12.4. The standard InChI is InChI=1S/C16H17N5O2S2/c1-23-15-17-8-10(9-18-15)19-13(22)11-7-12-14(24-11)20-16(25-12)21-5-3-2-4-6-21/h7-9H,2-6H2,1H3,(H,19,22). The first kappa shape index (κ1) is 16.2. The van der Waals surface area contributed by atoms with Gasteiger partial charge in [-0.3, -0.25) is 4.79 Å². The summed E-state index contributed by atoms with van der Waals surface area (Å²) in [6.07, 6.45) is 6.80. The number of amides is 1. The van der Waals surface area contributed by atoms with Gasteiger partial charge in [-0.25, -0.2) is 15.0 Å². The Bertz CT molecular complexity index is 852. The quantitative estimate of drug-likeness (QED) is 0.753. The topological polar surface area (TPSA) is 80.2 Å². The summed E-state index contributed by atoms with van der Waals surface area (Å²) in [5, 5.41) is 3.86. The predicted molar refractivity (Wildman–Crippen MR) is 100 cm³/mol. The largest absolute Gasteiger partial charge is 0.467 e. The Morgan fingerprint density at radius 2 is 1.96 bits per heavy atom. The van der Waals surface area contributed by atoms with Crippen molar-refractivity contribution in [1.82, 2.24) is 15.0 Å². The van der Waals surface area contributed by atoms with Gasteiger partial charge < -0.3 is 15.0 Å². The minimum Gasteiger partial charge on any atom is -0.467 e. The van der Waals surface area contributed by atoms with Crippen molar-refractivity contribution in [1.29, 1.82) is 0 Å². The number of fused-ring (bicyclic) bond motifs is 1. The van der Waals surface area contributed by atoms with E-state index >= 15 is 0 Å². The lowest BCUT2D eigenvalue weighted by Gasteiger charge is -2.25. The highest BCUT2D eigenvalue weighted by molar-refractivity contribution is 7.29. The molecule has 9 heteroatoms. The average molecular weight is 375 g/mol. The van der Waals surface area contributed by atoms with Gasteiger partial charge in [-0.1, -0.05) is 11.3 Å². The maximum Gasteiger partial charge on any atom is 0.316 e. The Kier molecular flexibility index (Phi) is 4.50. The molecule has 0 atom stereocenters. The Balaban J connectivity index is 1.48. The Morgan fingerprint density at radius 3 is 2.64 bits per heavy atom. The zero-order valence-electron chi connectivity index (χ0n) is 13.7. The molecular formula is C16H17N5O2S2. The molecule has 0 bridgehead atoms. The summed E-state index contributed by atoms with van der Waals surface area (Å²) in [6.45, 7) is 2.15. The second-order valence-electron chi connectivity index (χ2n) is 5.74. The van der Waals surface area contributed by atoms with E-state index in [-0.39, 0.29) is 11.9 Å². The Labute approximate surface area is 152 Å². The number of thiazole rings is 1. The molecule has 0 saturated carbocycles. The van der Waals surface area contributed by atoms with Crippen LogP contribution in [0.2, 0.25) is 0 Å². The first-order chi connectivity index (χ1) is 12.2. The number of carbonyl (C=O) groups is 1. The highest BCUT2D eigenvalue weighted by atomic mass is 32.1. The number of nitrogens with one attached hydrogen (secondary N) is 1. The van der Waals surface area contributed by atoms with Crippen molar-refractivity contribution < 1.29 is 9.53 Å². The molecule has 25 heavy (non-hydrogen) atoms. The van der Waals surface area contributed by atoms with Crippen molar-refractivity contribution in [2.75, 3.05) is 30.4 Å². The first-order valence-corrected chi connectivity index (χ1v) is 9.69. The molecular weight excluding hydrogens is 358 g/mol. The summed E-state index contributed by atoms with van der Waals surface area (Å²) < 4.78 is 5.96. The van der Waals surface area contributed by atoms with Crippen LogP contribution in [0.15, 0.2) is 18.5 Å². The van der Waals surface area contributed by atoms with Crippen LogP contribution in [-0.4, -0.2) is 41.1 Å². The van der Waals surface area contributed by atoms with Crippen LogP contribution < -0.4 is 15.0 Å². The SMILES string of the molecule is COc1ncc(NC(=O)c2cc3sc(N4CCCCC4)nc3s2)cn1. The fourth-order valence-corrected chi connectivity index (χ4v) is 4.89. The number of piperidine rings is 1. The number of thiophene rings is 1. The lowest BCUT2D eigenvalue weighted by atomic mass is 10.1. The van der Waals surface area contributed by atoms with E-state index in [0.29, 0.717) is 10.6 Å². The van der Waals surface area contributed by atoms with Gasteiger partial charge in [-0.05, 0) is 25.3 Å². The zero-order valence-corrected chi connectivity index (χ0v) is 15.3. The van der Waals surface area contributed by atoms with Crippen LogP contribution in [0.4, 0.5) is 10.8 Å². The van der Waals surface area contributed by atoms with Crippen molar-refractivity contribution >= 4 is 48.9 Å². The number of methoxy groups -OCH3 is 1. The van der Waals surface area contributed by atoms with Crippen molar-refractivity contribution in [3.05, 3.63) is 23.3 Å². The molecule has 1 saturated heterocycles. The highest BCUT2D eigenvalue weighted by Crippen LogP contribution is 2.35. The first-order valence-electron chi connectivity index (χ1n) is 8.05. The van der Waals surface area contributed by atoms with Crippen molar-refractivity contribution in [3.8, 4) is 6.01 Å². The third kappa shape index (κ3) is 3.42. The number of ether oxygens (including phenoxy) is 1. The normalized spacial score (nSPS) is 14.7. The Hall–Kier alpha value is -2.26.